The monoisotopic (exact) mass is 387 g/mol. The lowest BCUT2D eigenvalue weighted by Gasteiger charge is -2.30. The number of nitrogens with zero attached hydrogens (tertiary/aromatic N) is 2. The van der Waals surface area contributed by atoms with Crippen LogP contribution in [0.15, 0.2) is 36.4 Å². The molecule has 1 aliphatic heterocycles. The number of amides is 2. The zero-order valence-electron chi connectivity index (χ0n) is 15.4. The van der Waals surface area contributed by atoms with Gasteiger partial charge in [-0.05, 0) is 49.1 Å². The number of nitrogens with one attached hydrogen (secondary N) is 1. The lowest BCUT2D eigenvalue weighted by molar-refractivity contribution is 0.0691. The lowest BCUT2D eigenvalue weighted by atomic mass is 9.99. The number of rotatable bonds is 4. The predicted octanol–water partition coefficient (Wildman–Crippen LogP) is 3.87. The quantitative estimate of drug-likeness (QED) is 0.864. The Morgan fingerprint density at radius 2 is 1.89 bits per heavy atom. The number of anilines is 1. The molecule has 1 N–H and O–H groups in total. The molecule has 2 amide bonds. The highest BCUT2D eigenvalue weighted by Gasteiger charge is 2.23. The summed E-state index contributed by atoms with van der Waals surface area (Å²) >= 11 is 6.08. The second kappa shape index (κ2) is 8.39. The fraction of sp³-hybridized carbons (Fsp3) is 0.350. The molecule has 2 aromatic rings. The van der Waals surface area contributed by atoms with Gasteiger partial charge < -0.3 is 15.0 Å². The maximum Gasteiger partial charge on any atom is 0.274 e. The predicted molar refractivity (Wildman–Crippen MR) is 104 cm³/mol. The zero-order valence-corrected chi connectivity index (χ0v) is 16.1. The number of aromatic nitrogens is 1. The van der Waals surface area contributed by atoms with Crippen LogP contribution in [0.5, 0.6) is 5.75 Å². The van der Waals surface area contributed by atoms with Gasteiger partial charge in [-0.3, -0.25) is 9.59 Å². The summed E-state index contributed by atoms with van der Waals surface area (Å²) in [6, 6.07) is 9.84. The highest BCUT2D eigenvalue weighted by atomic mass is 35.5. The van der Waals surface area contributed by atoms with Crippen molar-refractivity contribution in [1.82, 2.24) is 9.88 Å². The number of carbonyl (C=O) groups is 2. The van der Waals surface area contributed by atoms with Crippen molar-refractivity contribution in [1.29, 1.82) is 0 Å². The van der Waals surface area contributed by atoms with Crippen molar-refractivity contribution in [3.05, 3.63) is 52.8 Å². The van der Waals surface area contributed by atoms with E-state index in [2.05, 4.69) is 17.2 Å². The molecule has 0 bridgehead atoms. The Bertz CT molecular complexity index is 848. The lowest BCUT2D eigenvalue weighted by Crippen LogP contribution is -2.38. The van der Waals surface area contributed by atoms with Crippen LogP contribution in [-0.4, -0.2) is 41.9 Å². The van der Waals surface area contributed by atoms with E-state index in [1.807, 2.05) is 0 Å². The molecule has 0 unspecified atom stereocenters. The average molecular weight is 388 g/mol. The molecule has 1 aromatic carbocycles. The summed E-state index contributed by atoms with van der Waals surface area (Å²) in [5, 5.41) is 3.13. The third-order valence-corrected chi connectivity index (χ3v) is 4.98. The van der Waals surface area contributed by atoms with Crippen LogP contribution in [-0.2, 0) is 0 Å². The number of likely N-dealkylation sites (tertiary alicyclic amines) is 1. The van der Waals surface area contributed by atoms with Gasteiger partial charge in [-0.15, -0.1) is 0 Å². The van der Waals surface area contributed by atoms with Crippen molar-refractivity contribution in [3.8, 4) is 5.75 Å². The summed E-state index contributed by atoms with van der Waals surface area (Å²) in [5.74, 6) is 0.619. The molecule has 7 heteroatoms. The number of methoxy groups -OCH3 is 1. The molecule has 27 heavy (non-hydrogen) atoms. The van der Waals surface area contributed by atoms with Gasteiger partial charge in [-0.25, -0.2) is 4.98 Å². The van der Waals surface area contributed by atoms with Crippen LogP contribution in [0.2, 0.25) is 5.02 Å². The Labute approximate surface area is 163 Å². The minimum Gasteiger partial charge on any atom is -0.495 e. The number of ether oxygens (including phenoxy) is 1. The Hall–Kier alpha value is -2.60. The summed E-state index contributed by atoms with van der Waals surface area (Å²) in [7, 11) is 1.52. The molecule has 1 aliphatic rings. The molecule has 1 aromatic heterocycles. The summed E-state index contributed by atoms with van der Waals surface area (Å²) in [4.78, 5) is 31.2. The molecule has 142 valence electrons. The molecule has 0 atom stereocenters. The molecule has 6 nitrogen and oxygen atoms in total. The molecule has 0 spiro atoms. The SMILES string of the molecule is COc1ccc(NC(=O)c2cccc(C(=O)N3CCC(C)CC3)n2)cc1Cl. The summed E-state index contributed by atoms with van der Waals surface area (Å²) in [5.41, 5.74) is 0.984. The van der Waals surface area contributed by atoms with Crippen molar-refractivity contribution < 1.29 is 14.3 Å². The van der Waals surface area contributed by atoms with Gasteiger partial charge in [-0.1, -0.05) is 24.6 Å². The van der Waals surface area contributed by atoms with Crippen LogP contribution in [0.4, 0.5) is 5.69 Å². The molecule has 1 fully saturated rings. The van der Waals surface area contributed by atoms with Crippen LogP contribution in [0.25, 0.3) is 0 Å². The van der Waals surface area contributed by atoms with Crippen LogP contribution in [0.1, 0.15) is 40.7 Å². The maximum absolute atomic E-state index is 12.7. The maximum atomic E-state index is 12.7. The smallest absolute Gasteiger partial charge is 0.274 e. The molecule has 1 saturated heterocycles. The van der Waals surface area contributed by atoms with Crippen molar-refractivity contribution in [2.75, 3.05) is 25.5 Å². The summed E-state index contributed by atoms with van der Waals surface area (Å²) < 4.78 is 5.10. The Morgan fingerprint density at radius 1 is 1.19 bits per heavy atom. The van der Waals surface area contributed by atoms with Crippen LogP contribution >= 0.6 is 11.6 Å². The normalized spacial score (nSPS) is 14.7. The van der Waals surface area contributed by atoms with Crippen LogP contribution in [0, 0.1) is 5.92 Å². The molecule has 0 aliphatic carbocycles. The highest BCUT2D eigenvalue weighted by molar-refractivity contribution is 6.32. The molecule has 2 heterocycles. The number of pyridine rings is 1. The second-order valence-corrected chi connectivity index (χ2v) is 7.09. The van der Waals surface area contributed by atoms with Gasteiger partial charge >= 0.3 is 0 Å². The van der Waals surface area contributed by atoms with Gasteiger partial charge in [0.25, 0.3) is 11.8 Å². The fourth-order valence-corrected chi connectivity index (χ4v) is 3.25. The first kappa shape index (κ1) is 19.2. The van der Waals surface area contributed by atoms with E-state index in [-0.39, 0.29) is 17.3 Å². The number of benzene rings is 1. The van der Waals surface area contributed by atoms with Gasteiger partial charge in [0, 0.05) is 18.8 Å². The average Bonchev–Trinajstić information content (AvgIpc) is 2.68. The van der Waals surface area contributed by atoms with Crippen molar-refractivity contribution >= 4 is 29.1 Å². The highest BCUT2D eigenvalue weighted by Crippen LogP contribution is 2.27. The van der Waals surface area contributed by atoms with Gasteiger partial charge in [0.05, 0.1) is 12.1 Å². The largest absolute Gasteiger partial charge is 0.495 e. The van der Waals surface area contributed by atoms with Crippen LogP contribution < -0.4 is 10.1 Å². The van der Waals surface area contributed by atoms with E-state index in [9.17, 15) is 9.59 Å². The molecule has 0 saturated carbocycles. The zero-order chi connectivity index (χ0) is 19.4. The first-order valence-corrected chi connectivity index (χ1v) is 9.27. The van der Waals surface area contributed by atoms with Gasteiger partial charge in [0.2, 0.25) is 0 Å². The Morgan fingerprint density at radius 3 is 2.56 bits per heavy atom. The van der Waals surface area contributed by atoms with E-state index in [0.29, 0.717) is 22.4 Å². The summed E-state index contributed by atoms with van der Waals surface area (Å²) in [6.45, 7) is 3.64. The van der Waals surface area contributed by atoms with E-state index in [4.69, 9.17) is 16.3 Å². The molecular formula is C20H22ClN3O3. The number of hydrogen-bond acceptors (Lipinski definition) is 4. The fourth-order valence-electron chi connectivity index (χ4n) is 2.99. The number of halogens is 1. The first-order valence-electron chi connectivity index (χ1n) is 8.89. The summed E-state index contributed by atoms with van der Waals surface area (Å²) in [6.07, 6.45) is 1.98. The van der Waals surface area contributed by atoms with Gasteiger partial charge in [-0.2, -0.15) is 0 Å². The minimum absolute atomic E-state index is 0.135. The molecule has 0 radical (unpaired) electrons. The van der Waals surface area contributed by atoms with Crippen molar-refractivity contribution in [2.24, 2.45) is 5.92 Å². The second-order valence-electron chi connectivity index (χ2n) is 6.69. The van der Waals surface area contributed by atoms with E-state index in [1.54, 1.807) is 41.3 Å². The van der Waals surface area contributed by atoms with E-state index >= 15 is 0 Å². The van der Waals surface area contributed by atoms with E-state index in [0.717, 1.165) is 25.9 Å². The van der Waals surface area contributed by atoms with E-state index < -0.39 is 5.91 Å². The minimum atomic E-state index is -0.404. The molecular weight excluding hydrogens is 366 g/mol. The topological polar surface area (TPSA) is 71.5 Å². The molecule has 3 rings (SSSR count). The van der Waals surface area contributed by atoms with Gasteiger partial charge in [0.15, 0.2) is 0 Å². The Balaban J connectivity index is 1.72. The van der Waals surface area contributed by atoms with Gasteiger partial charge in [0.1, 0.15) is 17.1 Å². The standard InChI is InChI=1S/C20H22ClN3O3/c1-13-8-10-24(11-9-13)20(26)17-5-3-4-16(23-17)19(25)22-14-6-7-18(27-2)15(21)12-14/h3-7,12-13H,8-11H2,1-2H3,(H,22,25). The third kappa shape index (κ3) is 4.57. The third-order valence-electron chi connectivity index (χ3n) is 4.68. The Kier molecular flexibility index (Phi) is 5.96. The number of piperidine rings is 1. The number of hydrogen-bond donors (Lipinski definition) is 1. The van der Waals surface area contributed by atoms with Crippen LogP contribution in [0.3, 0.4) is 0 Å². The van der Waals surface area contributed by atoms with E-state index in [1.165, 1.54) is 7.11 Å². The van der Waals surface area contributed by atoms with Crippen molar-refractivity contribution in [3.63, 3.8) is 0 Å². The first-order chi connectivity index (χ1) is 13.0. The van der Waals surface area contributed by atoms with Crippen molar-refractivity contribution in [2.45, 2.75) is 19.8 Å². The number of carbonyl (C=O) groups excluding carboxylic acids is 2.